The second-order valence-corrected chi connectivity index (χ2v) is 11.3. The highest BCUT2D eigenvalue weighted by Crippen LogP contribution is 2.34. The maximum Gasteiger partial charge on any atom is 0.282 e. The molecule has 5 rings (SSSR count). The molecular formula is C33H29BrClN3O3. The summed E-state index contributed by atoms with van der Waals surface area (Å²) in [6.07, 6.45) is 1.62. The number of para-hydroxylation sites is 1. The lowest BCUT2D eigenvalue weighted by Crippen LogP contribution is -2.21. The SMILES string of the molecule is COc1cc(C)c(-c2nc3ccccc3c(=O)n2N=Cc2cc(Br)ccc2OCc2ccccc2Cl)cc1C(C)C. The fraction of sp³-hybridized carbons (Fsp3) is 0.182. The highest BCUT2D eigenvalue weighted by atomic mass is 79.9. The van der Waals surface area contributed by atoms with E-state index < -0.39 is 0 Å². The van der Waals surface area contributed by atoms with E-state index in [-0.39, 0.29) is 18.1 Å². The van der Waals surface area contributed by atoms with Crippen molar-refractivity contribution in [1.82, 2.24) is 9.66 Å². The number of benzene rings is 4. The molecular weight excluding hydrogens is 602 g/mol. The van der Waals surface area contributed by atoms with Gasteiger partial charge in [0.25, 0.3) is 5.56 Å². The molecule has 4 aromatic carbocycles. The van der Waals surface area contributed by atoms with E-state index in [1.165, 1.54) is 4.68 Å². The minimum Gasteiger partial charge on any atom is -0.496 e. The molecule has 0 N–H and O–H groups in total. The highest BCUT2D eigenvalue weighted by molar-refractivity contribution is 9.10. The van der Waals surface area contributed by atoms with Crippen LogP contribution in [0.25, 0.3) is 22.3 Å². The van der Waals surface area contributed by atoms with Crippen LogP contribution in [-0.2, 0) is 6.61 Å². The molecule has 0 unspecified atom stereocenters. The topological polar surface area (TPSA) is 65.7 Å². The summed E-state index contributed by atoms with van der Waals surface area (Å²) in [5.41, 5.74) is 4.64. The molecule has 0 aliphatic rings. The lowest BCUT2D eigenvalue weighted by Gasteiger charge is -2.17. The van der Waals surface area contributed by atoms with Gasteiger partial charge >= 0.3 is 0 Å². The summed E-state index contributed by atoms with van der Waals surface area (Å²) in [5, 5.41) is 5.81. The van der Waals surface area contributed by atoms with Gasteiger partial charge in [0, 0.05) is 26.2 Å². The fourth-order valence-electron chi connectivity index (χ4n) is 4.61. The van der Waals surface area contributed by atoms with Crippen molar-refractivity contribution in [2.75, 3.05) is 7.11 Å². The normalized spacial score (nSPS) is 11.5. The molecule has 0 saturated heterocycles. The van der Waals surface area contributed by atoms with E-state index in [0.29, 0.717) is 33.1 Å². The first kappa shape index (κ1) is 28.6. The van der Waals surface area contributed by atoms with Gasteiger partial charge in [-0.15, -0.1) is 0 Å². The zero-order valence-electron chi connectivity index (χ0n) is 23.2. The molecule has 0 saturated carbocycles. The molecule has 1 aromatic heterocycles. The number of fused-ring (bicyclic) bond motifs is 1. The molecule has 1 heterocycles. The lowest BCUT2D eigenvalue weighted by atomic mass is 9.96. The van der Waals surface area contributed by atoms with Crippen LogP contribution in [0.1, 0.15) is 42.0 Å². The average molecular weight is 631 g/mol. The number of rotatable bonds is 8. The fourth-order valence-corrected chi connectivity index (χ4v) is 5.18. The number of hydrogen-bond donors (Lipinski definition) is 0. The smallest absolute Gasteiger partial charge is 0.282 e. The molecule has 0 atom stereocenters. The van der Waals surface area contributed by atoms with Crippen LogP contribution in [0.4, 0.5) is 0 Å². The van der Waals surface area contributed by atoms with Crippen LogP contribution < -0.4 is 15.0 Å². The number of aryl methyl sites for hydroxylation is 1. The van der Waals surface area contributed by atoms with E-state index in [4.69, 9.17) is 31.2 Å². The summed E-state index contributed by atoms with van der Waals surface area (Å²) in [6, 6.07) is 24.5. The van der Waals surface area contributed by atoms with Gasteiger partial charge in [-0.3, -0.25) is 4.79 Å². The molecule has 8 heteroatoms. The Morgan fingerprint density at radius 2 is 1.78 bits per heavy atom. The van der Waals surface area contributed by atoms with E-state index in [2.05, 4.69) is 29.8 Å². The Hall–Kier alpha value is -3.94. The number of hydrogen-bond acceptors (Lipinski definition) is 5. The number of halogens is 2. The highest BCUT2D eigenvalue weighted by Gasteiger charge is 2.18. The predicted octanol–water partition coefficient (Wildman–Crippen LogP) is 8.38. The predicted molar refractivity (Wildman–Crippen MR) is 170 cm³/mol. The Kier molecular flexibility index (Phi) is 8.57. The molecule has 0 spiro atoms. The number of methoxy groups -OCH3 is 1. The Morgan fingerprint density at radius 1 is 1.02 bits per heavy atom. The third-order valence-corrected chi connectivity index (χ3v) is 7.68. The molecule has 0 bridgehead atoms. The second-order valence-electron chi connectivity index (χ2n) is 9.94. The quantitative estimate of drug-likeness (QED) is 0.162. The van der Waals surface area contributed by atoms with Crippen molar-refractivity contribution in [3.8, 4) is 22.9 Å². The zero-order valence-corrected chi connectivity index (χ0v) is 25.5. The summed E-state index contributed by atoms with van der Waals surface area (Å²) in [7, 11) is 1.66. The average Bonchev–Trinajstić information content (AvgIpc) is 2.96. The molecule has 6 nitrogen and oxygen atoms in total. The largest absolute Gasteiger partial charge is 0.496 e. The van der Waals surface area contributed by atoms with Crippen LogP contribution in [-0.4, -0.2) is 23.0 Å². The van der Waals surface area contributed by atoms with Crippen LogP contribution in [0.15, 0.2) is 93.2 Å². The summed E-state index contributed by atoms with van der Waals surface area (Å²) in [5.74, 6) is 2.05. The van der Waals surface area contributed by atoms with E-state index in [1.807, 2.05) is 79.7 Å². The van der Waals surface area contributed by atoms with E-state index in [0.717, 1.165) is 32.5 Å². The molecule has 0 radical (unpaired) electrons. The first-order valence-electron chi connectivity index (χ1n) is 13.2. The molecule has 0 amide bonds. The zero-order chi connectivity index (χ0) is 29.1. The van der Waals surface area contributed by atoms with Gasteiger partial charge in [-0.05, 0) is 72.5 Å². The van der Waals surface area contributed by atoms with Crippen molar-refractivity contribution in [3.63, 3.8) is 0 Å². The van der Waals surface area contributed by atoms with Crippen molar-refractivity contribution in [2.45, 2.75) is 33.3 Å². The van der Waals surface area contributed by atoms with Crippen LogP contribution in [0, 0.1) is 6.92 Å². The maximum absolute atomic E-state index is 13.8. The van der Waals surface area contributed by atoms with E-state index in [9.17, 15) is 4.79 Å². The Morgan fingerprint density at radius 3 is 2.54 bits per heavy atom. The van der Waals surface area contributed by atoms with Crippen LogP contribution in [0.3, 0.4) is 0 Å². The van der Waals surface area contributed by atoms with Crippen molar-refractivity contribution in [1.29, 1.82) is 0 Å². The van der Waals surface area contributed by atoms with Crippen molar-refractivity contribution < 1.29 is 9.47 Å². The summed E-state index contributed by atoms with van der Waals surface area (Å²) < 4.78 is 14.0. The molecule has 41 heavy (non-hydrogen) atoms. The summed E-state index contributed by atoms with van der Waals surface area (Å²) >= 11 is 9.87. The first-order valence-corrected chi connectivity index (χ1v) is 14.3. The third kappa shape index (κ3) is 6.06. The molecule has 5 aromatic rings. The van der Waals surface area contributed by atoms with Gasteiger partial charge in [0.1, 0.15) is 18.1 Å². The van der Waals surface area contributed by atoms with Gasteiger partial charge in [-0.1, -0.05) is 71.7 Å². The Bertz CT molecular complexity index is 1830. The summed E-state index contributed by atoms with van der Waals surface area (Å²) in [6.45, 7) is 6.47. The number of nitrogens with zero attached hydrogens (tertiary/aromatic N) is 3. The Balaban J connectivity index is 1.64. The van der Waals surface area contributed by atoms with Gasteiger partial charge in [0.15, 0.2) is 5.82 Å². The molecule has 0 aliphatic heterocycles. The standard InChI is InChI=1S/C33H29BrClN3O3/c1-20(2)26-17-27(21(3)15-31(26)40-4)32-37-29-12-8-6-10-25(29)33(39)38(32)36-18-23-16-24(34)13-14-30(23)41-19-22-9-5-7-11-28(22)35/h5-18,20H,19H2,1-4H3. The lowest BCUT2D eigenvalue weighted by molar-refractivity contribution is 0.306. The van der Waals surface area contributed by atoms with Crippen molar-refractivity contribution in [2.24, 2.45) is 5.10 Å². The minimum atomic E-state index is -0.267. The summed E-state index contributed by atoms with van der Waals surface area (Å²) in [4.78, 5) is 18.7. The van der Waals surface area contributed by atoms with Gasteiger partial charge in [-0.2, -0.15) is 9.78 Å². The Labute approximate surface area is 252 Å². The maximum atomic E-state index is 13.8. The van der Waals surface area contributed by atoms with E-state index >= 15 is 0 Å². The van der Waals surface area contributed by atoms with Crippen LogP contribution in [0.5, 0.6) is 11.5 Å². The van der Waals surface area contributed by atoms with Gasteiger partial charge in [0.05, 0.1) is 24.2 Å². The number of aromatic nitrogens is 2. The van der Waals surface area contributed by atoms with Gasteiger partial charge in [-0.25, -0.2) is 4.98 Å². The van der Waals surface area contributed by atoms with E-state index in [1.54, 1.807) is 19.4 Å². The van der Waals surface area contributed by atoms with Gasteiger partial charge in [0.2, 0.25) is 0 Å². The van der Waals surface area contributed by atoms with Crippen molar-refractivity contribution >= 4 is 44.6 Å². The minimum absolute atomic E-state index is 0.202. The van der Waals surface area contributed by atoms with Crippen LogP contribution >= 0.6 is 27.5 Å². The van der Waals surface area contributed by atoms with Crippen LogP contribution in [0.2, 0.25) is 5.02 Å². The van der Waals surface area contributed by atoms with Crippen molar-refractivity contribution in [3.05, 3.63) is 121 Å². The third-order valence-electron chi connectivity index (χ3n) is 6.82. The molecule has 0 aliphatic carbocycles. The number of ether oxygens (including phenoxy) is 2. The monoisotopic (exact) mass is 629 g/mol. The molecule has 0 fully saturated rings. The molecule has 208 valence electrons. The van der Waals surface area contributed by atoms with Gasteiger partial charge < -0.3 is 9.47 Å². The second kappa shape index (κ2) is 12.3. The first-order chi connectivity index (χ1) is 19.8.